The summed E-state index contributed by atoms with van der Waals surface area (Å²) in [5.41, 5.74) is 0.720. The number of ketones is 1. The monoisotopic (exact) mass is 210 g/mol. The molecule has 1 aromatic heterocycles. The van der Waals surface area contributed by atoms with Crippen LogP contribution in [0.5, 0.6) is 0 Å². The zero-order valence-corrected chi connectivity index (χ0v) is 8.65. The van der Waals surface area contributed by atoms with Crippen molar-refractivity contribution in [2.24, 2.45) is 0 Å². The van der Waals surface area contributed by atoms with Gasteiger partial charge in [-0.05, 0) is 19.4 Å². The maximum Gasteiger partial charge on any atom is 0.348 e. The number of hydrogen-bond acceptors (Lipinski definition) is 4. The molecule has 0 saturated carbocycles. The van der Waals surface area contributed by atoms with Crippen molar-refractivity contribution in [3.05, 3.63) is 21.4 Å². The fourth-order valence-electron chi connectivity index (χ4n) is 1.52. The van der Waals surface area contributed by atoms with Crippen molar-refractivity contribution in [2.45, 2.75) is 19.8 Å². The van der Waals surface area contributed by atoms with Gasteiger partial charge >= 0.3 is 5.97 Å². The van der Waals surface area contributed by atoms with Crippen molar-refractivity contribution in [1.29, 1.82) is 0 Å². The molecule has 1 heterocycles. The number of esters is 1. The number of rotatable bonds is 2. The maximum absolute atomic E-state index is 11.3. The molecule has 0 spiro atoms. The second kappa shape index (κ2) is 3.53. The van der Waals surface area contributed by atoms with E-state index < -0.39 is 0 Å². The number of fused-ring (bicyclic) bond motifs is 1. The third kappa shape index (κ3) is 1.46. The molecule has 0 N–H and O–H groups in total. The summed E-state index contributed by atoms with van der Waals surface area (Å²) in [6, 6.07) is 1.66. The van der Waals surface area contributed by atoms with Crippen LogP contribution in [-0.2, 0) is 11.2 Å². The van der Waals surface area contributed by atoms with Gasteiger partial charge in [0.05, 0.1) is 6.61 Å². The van der Waals surface area contributed by atoms with Gasteiger partial charge in [-0.3, -0.25) is 4.79 Å². The molecule has 0 radical (unpaired) electrons. The minimum Gasteiger partial charge on any atom is -0.462 e. The molecule has 0 atom stereocenters. The number of Topliss-reactive ketones (excluding diaryl/α,β-unsaturated/α-hetero) is 1. The van der Waals surface area contributed by atoms with Crippen LogP contribution in [0.3, 0.4) is 0 Å². The van der Waals surface area contributed by atoms with Crippen LogP contribution >= 0.6 is 11.3 Å². The van der Waals surface area contributed by atoms with Crippen molar-refractivity contribution in [3.8, 4) is 0 Å². The van der Waals surface area contributed by atoms with E-state index in [0.717, 1.165) is 16.9 Å². The average Bonchev–Trinajstić information content (AvgIpc) is 2.69. The Hall–Kier alpha value is -1.16. The highest BCUT2D eigenvalue weighted by Gasteiger charge is 2.24. The predicted octanol–water partition coefficient (Wildman–Crippen LogP) is 2.05. The first-order valence-electron chi connectivity index (χ1n) is 4.55. The quantitative estimate of drug-likeness (QED) is 0.702. The van der Waals surface area contributed by atoms with Crippen molar-refractivity contribution in [2.75, 3.05) is 6.61 Å². The summed E-state index contributed by atoms with van der Waals surface area (Å²) >= 11 is 1.38. The Balaban J connectivity index is 2.27. The van der Waals surface area contributed by atoms with E-state index in [-0.39, 0.29) is 11.8 Å². The summed E-state index contributed by atoms with van der Waals surface area (Å²) in [7, 11) is 0. The third-order valence-corrected chi connectivity index (χ3v) is 3.34. The molecule has 0 unspecified atom stereocenters. The van der Waals surface area contributed by atoms with Crippen LogP contribution in [0.15, 0.2) is 6.07 Å². The minimum absolute atomic E-state index is 0.145. The van der Waals surface area contributed by atoms with E-state index in [0.29, 0.717) is 17.9 Å². The van der Waals surface area contributed by atoms with Crippen LogP contribution < -0.4 is 0 Å². The first-order chi connectivity index (χ1) is 6.72. The highest BCUT2D eigenvalue weighted by Crippen LogP contribution is 2.30. The summed E-state index contributed by atoms with van der Waals surface area (Å²) in [5.74, 6) is -0.175. The van der Waals surface area contributed by atoms with Gasteiger partial charge in [0.25, 0.3) is 0 Å². The van der Waals surface area contributed by atoms with Crippen LogP contribution in [0.25, 0.3) is 0 Å². The highest BCUT2D eigenvalue weighted by atomic mass is 32.1. The number of thiophene rings is 1. The summed E-state index contributed by atoms with van der Waals surface area (Å²) in [4.78, 5) is 24.2. The highest BCUT2D eigenvalue weighted by molar-refractivity contribution is 7.14. The first-order valence-corrected chi connectivity index (χ1v) is 5.37. The summed E-state index contributed by atoms with van der Waals surface area (Å²) in [6.45, 7) is 2.14. The Morgan fingerprint density at radius 2 is 2.36 bits per heavy atom. The van der Waals surface area contributed by atoms with E-state index in [1.165, 1.54) is 11.3 Å². The third-order valence-electron chi connectivity index (χ3n) is 2.17. The molecule has 74 valence electrons. The SMILES string of the molecule is CCOC(=O)c1cc2c(s1)CCC2=O. The number of aryl methyl sites for hydroxylation is 1. The molecule has 3 nitrogen and oxygen atoms in total. The van der Waals surface area contributed by atoms with Crippen molar-refractivity contribution in [1.82, 2.24) is 0 Å². The van der Waals surface area contributed by atoms with E-state index in [4.69, 9.17) is 4.74 Å². The number of carbonyl (C=O) groups excluding carboxylic acids is 2. The molecule has 0 bridgehead atoms. The lowest BCUT2D eigenvalue weighted by Crippen LogP contribution is -2.02. The Morgan fingerprint density at radius 3 is 3.00 bits per heavy atom. The van der Waals surface area contributed by atoms with Crippen molar-refractivity contribution in [3.63, 3.8) is 0 Å². The zero-order valence-electron chi connectivity index (χ0n) is 7.83. The van der Waals surface area contributed by atoms with Gasteiger partial charge in [-0.1, -0.05) is 0 Å². The largest absolute Gasteiger partial charge is 0.462 e. The zero-order chi connectivity index (χ0) is 10.1. The molecular weight excluding hydrogens is 200 g/mol. The lowest BCUT2D eigenvalue weighted by atomic mass is 10.2. The molecule has 14 heavy (non-hydrogen) atoms. The Bertz CT molecular complexity index is 392. The van der Waals surface area contributed by atoms with Gasteiger partial charge in [0.1, 0.15) is 4.88 Å². The van der Waals surface area contributed by atoms with Crippen LogP contribution in [0, 0.1) is 0 Å². The number of ether oxygens (including phenoxy) is 1. The fraction of sp³-hybridized carbons (Fsp3) is 0.400. The van der Waals surface area contributed by atoms with Crippen molar-refractivity contribution < 1.29 is 14.3 Å². The van der Waals surface area contributed by atoms with Crippen molar-refractivity contribution >= 4 is 23.1 Å². The predicted molar refractivity (Wildman–Crippen MR) is 52.9 cm³/mol. The molecule has 2 rings (SSSR count). The van der Waals surface area contributed by atoms with Crippen LogP contribution in [0.2, 0.25) is 0 Å². The second-order valence-corrected chi connectivity index (χ2v) is 4.23. The maximum atomic E-state index is 11.3. The van der Waals surface area contributed by atoms with Gasteiger partial charge in [0, 0.05) is 16.9 Å². The summed E-state index contributed by atoms with van der Waals surface area (Å²) in [5, 5.41) is 0. The van der Waals surface area contributed by atoms with Gasteiger partial charge in [0.2, 0.25) is 0 Å². The van der Waals surface area contributed by atoms with E-state index in [9.17, 15) is 9.59 Å². The fourth-order valence-corrected chi connectivity index (χ4v) is 2.59. The molecule has 0 aliphatic heterocycles. The van der Waals surface area contributed by atoms with E-state index in [1.54, 1.807) is 13.0 Å². The van der Waals surface area contributed by atoms with Gasteiger partial charge < -0.3 is 4.74 Å². The van der Waals surface area contributed by atoms with Gasteiger partial charge in [-0.15, -0.1) is 11.3 Å². The normalized spacial score (nSPS) is 14.2. The minimum atomic E-state index is -0.320. The van der Waals surface area contributed by atoms with Gasteiger partial charge in [-0.25, -0.2) is 4.79 Å². The van der Waals surface area contributed by atoms with E-state index >= 15 is 0 Å². The molecule has 1 aliphatic rings. The van der Waals surface area contributed by atoms with Crippen LogP contribution in [0.4, 0.5) is 0 Å². The standard InChI is InChI=1S/C10H10O3S/c1-2-13-10(12)9-5-6-7(11)3-4-8(6)14-9/h5H,2-4H2,1H3. The smallest absolute Gasteiger partial charge is 0.348 e. The van der Waals surface area contributed by atoms with E-state index in [2.05, 4.69) is 0 Å². The lowest BCUT2D eigenvalue weighted by Gasteiger charge is -1.96. The average molecular weight is 210 g/mol. The lowest BCUT2D eigenvalue weighted by molar-refractivity contribution is 0.0532. The molecule has 0 fully saturated rings. The number of carbonyl (C=O) groups is 2. The molecule has 1 aliphatic carbocycles. The molecule has 1 aromatic rings. The second-order valence-electron chi connectivity index (χ2n) is 3.09. The topological polar surface area (TPSA) is 43.4 Å². The molecule has 0 saturated heterocycles. The Kier molecular flexibility index (Phi) is 2.37. The molecule has 0 aromatic carbocycles. The summed E-state index contributed by atoms with van der Waals surface area (Å²) in [6.07, 6.45) is 1.36. The first kappa shape index (κ1) is 9.40. The molecular formula is C10H10O3S. The van der Waals surface area contributed by atoms with Crippen LogP contribution in [0.1, 0.15) is 38.3 Å². The van der Waals surface area contributed by atoms with Gasteiger partial charge in [-0.2, -0.15) is 0 Å². The Morgan fingerprint density at radius 1 is 1.57 bits per heavy atom. The van der Waals surface area contributed by atoms with Gasteiger partial charge in [0.15, 0.2) is 5.78 Å². The molecule has 4 heteroatoms. The van der Waals surface area contributed by atoms with Crippen LogP contribution in [-0.4, -0.2) is 18.4 Å². The molecule has 0 amide bonds. The van der Waals surface area contributed by atoms with E-state index in [1.807, 2.05) is 0 Å². The summed E-state index contributed by atoms with van der Waals surface area (Å²) < 4.78 is 4.86. The Labute approximate surface area is 85.7 Å². The number of hydrogen-bond donors (Lipinski definition) is 0.